The molecular weight excluding hydrogens is 276 g/mol. The summed E-state index contributed by atoms with van der Waals surface area (Å²) in [6.07, 6.45) is 5.75. The van der Waals surface area contributed by atoms with Crippen LogP contribution in [-0.2, 0) is 10.4 Å². The van der Waals surface area contributed by atoms with Gasteiger partial charge in [0.15, 0.2) is 0 Å². The Bertz CT molecular complexity index is 490. The van der Waals surface area contributed by atoms with Gasteiger partial charge in [-0.1, -0.05) is 43.0 Å². The molecule has 1 aliphatic rings. The number of carbonyl (C=O) groups is 1. The van der Waals surface area contributed by atoms with Crippen LogP contribution in [0.1, 0.15) is 62.5 Å². The highest BCUT2D eigenvalue weighted by Crippen LogP contribution is 2.38. The SMILES string of the molecule is CC(O)(CC(=O)O)c1ccc(C2CCCCC2)c(Cl)c1. The summed E-state index contributed by atoms with van der Waals surface area (Å²) in [4.78, 5) is 10.8. The molecule has 0 heterocycles. The van der Waals surface area contributed by atoms with Crippen LogP contribution in [0.5, 0.6) is 0 Å². The van der Waals surface area contributed by atoms with Crippen LogP contribution in [0, 0.1) is 0 Å². The van der Waals surface area contributed by atoms with Crippen molar-refractivity contribution in [3.8, 4) is 0 Å². The highest BCUT2D eigenvalue weighted by Gasteiger charge is 2.28. The molecule has 3 nitrogen and oxygen atoms in total. The van der Waals surface area contributed by atoms with Gasteiger partial charge in [-0.2, -0.15) is 0 Å². The average Bonchev–Trinajstić information content (AvgIpc) is 2.38. The Kier molecular flexibility index (Phi) is 4.71. The molecule has 0 aromatic heterocycles. The summed E-state index contributed by atoms with van der Waals surface area (Å²) >= 11 is 6.35. The van der Waals surface area contributed by atoms with Crippen LogP contribution < -0.4 is 0 Å². The fraction of sp³-hybridized carbons (Fsp3) is 0.562. The maximum Gasteiger partial charge on any atom is 0.306 e. The Labute approximate surface area is 124 Å². The summed E-state index contributed by atoms with van der Waals surface area (Å²) in [6.45, 7) is 1.51. The van der Waals surface area contributed by atoms with E-state index in [0.717, 1.165) is 18.4 Å². The maximum absolute atomic E-state index is 10.8. The van der Waals surface area contributed by atoms with Gasteiger partial charge >= 0.3 is 5.97 Å². The number of carboxylic acids is 1. The fourth-order valence-corrected chi connectivity index (χ4v) is 3.34. The zero-order chi connectivity index (χ0) is 14.8. The molecule has 2 rings (SSSR count). The van der Waals surface area contributed by atoms with Crippen molar-refractivity contribution in [3.05, 3.63) is 34.3 Å². The van der Waals surface area contributed by atoms with Gasteiger partial charge in [-0.25, -0.2) is 0 Å². The number of hydrogen-bond donors (Lipinski definition) is 2. The number of aliphatic hydroxyl groups is 1. The van der Waals surface area contributed by atoms with E-state index in [1.807, 2.05) is 6.07 Å². The lowest BCUT2D eigenvalue weighted by molar-refractivity contribution is -0.142. The summed E-state index contributed by atoms with van der Waals surface area (Å²) in [5, 5.41) is 19.7. The van der Waals surface area contributed by atoms with Gasteiger partial charge in [-0.15, -0.1) is 0 Å². The molecule has 1 aromatic carbocycles. The van der Waals surface area contributed by atoms with E-state index in [1.54, 1.807) is 12.1 Å². The Morgan fingerprint density at radius 2 is 2.00 bits per heavy atom. The second-order valence-corrected chi connectivity index (χ2v) is 6.32. The summed E-state index contributed by atoms with van der Waals surface area (Å²) < 4.78 is 0. The molecule has 2 N–H and O–H groups in total. The Hall–Kier alpha value is -1.06. The lowest BCUT2D eigenvalue weighted by Crippen LogP contribution is -2.25. The normalized spacial score (nSPS) is 19.6. The molecule has 1 atom stereocenters. The standard InChI is InChI=1S/C16H21ClO3/c1-16(20,10-15(18)19)12-7-8-13(14(17)9-12)11-5-3-2-4-6-11/h7-9,11,20H,2-6,10H2,1H3,(H,18,19). The molecule has 110 valence electrons. The zero-order valence-corrected chi connectivity index (χ0v) is 12.5. The van der Waals surface area contributed by atoms with Crippen molar-refractivity contribution in [3.63, 3.8) is 0 Å². The van der Waals surface area contributed by atoms with E-state index >= 15 is 0 Å². The summed E-state index contributed by atoms with van der Waals surface area (Å²) in [5.41, 5.74) is 0.298. The molecule has 0 radical (unpaired) electrons. The van der Waals surface area contributed by atoms with Crippen LogP contribution in [0.2, 0.25) is 5.02 Å². The van der Waals surface area contributed by atoms with Crippen molar-refractivity contribution in [2.24, 2.45) is 0 Å². The third-order valence-electron chi connectivity index (χ3n) is 4.16. The van der Waals surface area contributed by atoms with Gasteiger partial charge in [0.2, 0.25) is 0 Å². The molecule has 0 amide bonds. The van der Waals surface area contributed by atoms with Crippen molar-refractivity contribution in [1.82, 2.24) is 0 Å². The molecule has 0 aliphatic heterocycles. The minimum Gasteiger partial charge on any atom is -0.481 e. The Balaban J connectivity index is 2.22. The predicted octanol–water partition coefficient (Wildman–Crippen LogP) is 4.07. The van der Waals surface area contributed by atoms with Gasteiger partial charge in [0.05, 0.1) is 12.0 Å². The first kappa shape index (κ1) is 15.3. The van der Waals surface area contributed by atoms with Crippen molar-refractivity contribution in [1.29, 1.82) is 0 Å². The van der Waals surface area contributed by atoms with Crippen LogP contribution in [-0.4, -0.2) is 16.2 Å². The highest BCUT2D eigenvalue weighted by atomic mass is 35.5. The van der Waals surface area contributed by atoms with Gasteiger partial charge in [0.25, 0.3) is 0 Å². The second-order valence-electron chi connectivity index (χ2n) is 5.92. The minimum absolute atomic E-state index is 0.327. The largest absolute Gasteiger partial charge is 0.481 e. The first-order valence-electron chi connectivity index (χ1n) is 7.14. The summed E-state index contributed by atoms with van der Waals surface area (Å²) in [7, 11) is 0. The number of benzene rings is 1. The van der Waals surface area contributed by atoms with Crippen LogP contribution >= 0.6 is 11.6 Å². The van der Waals surface area contributed by atoms with Crippen LogP contribution in [0.3, 0.4) is 0 Å². The average molecular weight is 297 g/mol. The van der Waals surface area contributed by atoms with E-state index < -0.39 is 11.6 Å². The summed E-state index contributed by atoms with van der Waals surface area (Å²) in [6, 6.07) is 5.47. The van der Waals surface area contributed by atoms with Crippen molar-refractivity contribution >= 4 is 17.6 Å². The fourth-order valence-electron chi connectivity index (χ4n) is 3.00. The van der Waals surface area contributed by atoms with E-state index in [0.29, 0.717) is 16.5 Å². The lowest BCUT2D eigenvalue weighted by atomic mass is 9.82. The summed E-state index contributed by atoms with van der Waals surface area (Å²) in [5.74, 6) is -0.530. The highest BCUT2D eigenvalue weighted by molar-refractivity contribution is 6.31. The van der Waals surface area contributed by atoms with Gasteiger partial charge in [0.1, 0.15) is 0 Å². The first-order chi connectivity index (χ1) is 9.40. The molecule has 1 fully saturated rings. The van der Waals surface area contributed by atoms with Gasteiger partial charge < -0.3 is 10.2 Å². The molecular formula is C16H21ClO3. The predicted molar refractivity (Wildman–Crippen MR) is 79.1 cm³/mol. The number of halogens is 1. The Morgan fingerprint density at radius 3 is 2.55 bits per heavy atom. The monoisotopic (exact) mass is 296 g/mol. The van der Waals surface area contributed by atoms with E-state index in [9.17, 15) is 9.90 Å². The van der Waals surface area contributed by atoms with Gasteiger partial charge in [-0.05, 0) is 42.9 Å². The maximum atomic E-state index is 10.8. The molecule has 20 heavy (non-hydrogen) atoms. The molecule has 0 spiro atoms. The quantitative estimate of drug-likeness (QED) is 0.880. The molecule has 1 saturated carbocycles. The lowest BCUT2D eigenvalue weighted by Gasteiger charge is -2.26. The molecule has 1 unspecified atom stereocenters. The molecule has 4 heteroatoms. The van der Waals surface area contributed by atoms with Gasteiger partial charge in [-0.3, -0.25) is 4.79 Å². The molecule has 1 aromatic rings. The minimum atomic E-state index is -1.39. The number of carboxylic acid groups (broad SMARTS) is 1. The van der Waals surface area contributed by atoms with Crippen LogP contribution in [0.25, 0.3) is 0 Å². The third-order valence-corrected chi connectivity index (χ3v) is 4.49. The third kappa shape index (κ3) is 3.53. The van der Waals surface area contributed by atoms with E-state index in [-0.39, 0.29) is 6.42 Å². The number of rotatable bonds is 4. The van der Waals surface area contributed by atoms with Gasteiger partial charge in [0, 0.05) is 5.02 Å². The Morgan fingerprint density at radius 1 is 1.35 bits per heavy atom. The van der Waals surface area contributed by atoms with Crippen molar-refractivity contribution in [2.45, 2.75) is 57.0 Å². The van der Waals surface area contributed by atoms with Crippen molar-refractivity contribution < 1.29 is 15.0 Å². The van der Waals surface area contributed by atoms with E-state index in [4.69, 9.17) is 16.7 Å². The molecule has 0 saturated heterocycles. The molecule has 1 aliphatic carbocycles. The topological polar surface area (TPSA) is 57.5 Å². The van der Waals surface area contributed by atoms with E-state index in [1.165, 1.54) is 26.2 Å². The zero-order valence-electron chi connectivity index (χ0n) is 11.7. The second kappa shape index (κ2) is 6.15. The number of hydrogen-bond acceptors (Lipinski definition) is 2. The van der Waals surface area contributed by atoms with Crippen LogP contribution in [0.15, 0.2) is 18.2 Å². The first-order valence-corrected chi connectivity index (χ1v) is 7.52. The van der Waals surface area contributed by atoms with Crippen LogP contribution in [0.4, 0.5) is 0 Å². The molecule has 0 bridgehead atoms. The smallest absolute Gasteiger partial charge is 0.306 e. The number of aliphatic carboxylic acids is 1. The van der Waals surface area contributed by atoms with E-state index in [2.05, 4.69) is 0 Å². The van der Waals surface area contributed by atoms with Crippen molar-refractivity contribution in [2.75, 3.05) is 0 Å².